The van der Waals surface area contributed by atoms with Gasteiger partial charge in [-0.2, -0.15) is 0 Å². The SMILES string of the molecule is CN(C(=O)c1cc(S(N)(=O)=O)cc(F)c1F)C1CC1. The minimum absolute atomic E-state index is 0.00639. The van der Waals surface area contributed by atoms with Gasteiger partial charge in [-0.25, -0.2) is 22.3 Å². The van der Waals surface area contributed by atoms with Crippen LogP contribution in [0, 0.1) is 11.6 Å². The van der Waals surface area contributed by atoms with Gasteiger partial charge in [-0.1, -0.05) is 0 Å². The normalized spacial score (nSPS) is 15.4. The van der Waals surface area contributed by atoms with Crippen LogP contribution in [0.5, 0.6) is 0 Å². The van der Waals surface area contributed by atoms with E-state index in [9.17, 15) is 22.0 Å². The smallest absolute Gasteiger partial charge is 0.256 e. The first-order valence-corrected chi connectivity index (χ1v) is 7.05. The van der Waals surface area contributed by atoms with Gasteiger partial charge in [0.1, 0.15) is 0 Å². The van der Waals surface area contributed by atoms with Gasteiger partial charge < -0.3 is 4.90 Å². The molecule has 1 amide bonds. The van der Waals surface area contributed by atoms with Crippen molar-refractivity contribution in [3.05, 3.63) is 29.3 Å². The second-order valence-electron chi connectivity index (χ2n) is 4.46. The van der Waals surface area contributed by atoms with Crippen LogP contribution in [0.1, 0.15) is 23.2 Å². The van der Waals surface area contributed by atoms with Crippen molar-refractivity contribution in [1.29, 1.82) is 0 Å². The Hall–Kier alpha value is -1.54. The van der Waals surface area contributed by atoms with Gasteiger partial charge in [-0.3, -0.25) is 4.79 Å². The zero-order chi connectivity index (χ0) is 14.4. The summed E-state index contributed by atoms with van der Waals surface area (Å²) in [6.45, 7) is 0. The quantitative estimate of drug-likeness (QED) is 0.896. The van der Waals surface area contributed by atoms with E-state index in [2.05, 4.69) is 0 Å². The Bertz CT molecular complexity index is 642. The van der Waals surface area contributed by atoms with E-state index in [-0.39, 0.29) is 6.04 Å². The van der Waals surface area contributed by atoms with Crippen LogP contribution < -0.4 is 5.14 Å². The topological polar surface area (TPSA) is 80.5 Å². The molecule has 5 nitrogen and oxygen atoms in total. The molecule has 0 bridgehead atoms. The molecule has 0 saturated heterocycles. The van der Waals surface area contributed by atoms with Gasteiger partial charge in [0, 0.05) is 13.1 Å². The molecule has 0 radical (unpaired) electrons. The number of benzene rings is 1. The van der Waals surface area contributed by atoms with E-state index in [4.69, 9.17) is 5.14 Å². The lowest BCUT2D eigenvalue weighted by molar-refractivity contribution is 0.0779. The number of amides is 1. The van der Waals surface area contributed by atoms with E-state index in [1.54, 1.807) is 0 Å². The number of carbonyl (C=O) groups excluding carboxylic acids is 1. The summed E-state index contributed by atoms with van der Waals surface area (Å²) in [5.41, 5.74) is -0.626. The molecule has 0 spiro atoms. The zero-order valence-electron chi connectivity index (χ0n) is 10.1. The van der Waals surface area contributed by atoms with E-state index in [0.717, 1.165) is 18.9 Å². The average molecular weight is 290 g/mol. The molecule has 1 aliphatic carbocycles. The third-order valence-electron chi connectivity index (χ3n) is 2.98. The summed E-state index contributed by atoms with van der Waals surface area (Å²) in [5.74, 6) is -3.55. The van der Waals surface area contributed by atoms with Gasteiger partial charge in [0.05, 0.1) is 10.5 Å². The maximum atomic E-state index is 13.6. The van der Waals surface area contributed by atoms with Crippen molar-refractivity contribution in [2.24, 2.45) is 5.14 Å². The van der Waals surface area contributed by atoms with Gasteiger partial charge in [-0.15, -0.1) is 0 Å². The van der Waals surface area contributed by atoms with Gasteiger partial charge in [0.25, 0.3) is 5.91 Å². The summed E-state index contributed by atoms with van der Waals surface area (Å²) in [7, 11) is -2.75. The standard InChI is InChI=1S/C11H12F2N2O3S/c1-15(6-2-3-6)11(16)8-4-7(19(14,17)18)5-9(12)10(8)13/h4-6H,2-3H2,1H3,(H2,14,17,18). The number of hydrogen-bond donors (Lipinski definition) is 1. The lowest BCUT2D eigenvalue weighted by Crippen LogP contribution is -2.30. The Balaban J connectivity index is 2.49. The van der Waals surface area contributed by atoms with E-state index < -0.39 is 38.0 Å². The maximum absolute atomic E-state index is 13.6. The molecule has 0 atom stereocenters. The lowest BCUT2D eigenvalue weighted by Gasteiger charge is -2.17. The Kier molecular flexibility index (Phi) is 3.31. The van der Waals surface area contributed by atoms with Crippen molar-refractivity contribution >= 4 is 15.9 Å². The average Bonchev–Trinajstić information content (AvgIpc) is 3.13. The molecule has 1 saturated carbocycles. The summed E-state index contributed by atoms with van der Waals surface area (Å²) in [4.78, 5) is 12.6. The summed E-state index contributed by atoms with van der Waals surface area (Å²) in [6.07, 6.45) is 1.59. The molecule has 0 heterocycles. The predicted molar refractivity (Wildman–Crippen MR) is 62.8 cm³/mol. The van der Waals surface area contributed by atoms with E-state index in [1.807, 2.05) is 0 Å². The third-order valence-corrected chi connectivity index (χ3v) is 3.87. The third kappa shape index (κ3) is 2.74. The van der Waals surface area contributed by atoms with Crippen molar-refractivity contribution < 1.29 is 22.0 Å². The Morgan fingerprint density at radius 3 is 2.42 bits per heavy atom. The summed E-state index contributed by atoms with van der Waals surface area (Å²) in [5, 5.41) is 4.85. The van der Waals surface area contributed by atoms with E-state index >= 15 is 0 Å². The van der Waals surface area contributed by atoms with E-state index in [1.165, 1.54) is 11.9 Å². The number of rotatable bonds is 3. The zero-order valence-corrected chi connectivity index (χ0v) is 10.9. The van der Waals surface area contributed by atoms with Crippen LogP contribution in [0.2, 0.25) is 0 Å². The first kappa shape index (κ1) is 13.9. The van der Waals surface area contributed by atoms with Crippen LogP contribution in [0.3, 0.4) is 0 Å². The largest absolute Gasteiger partial charge is 0.339 e. The minimum atomic E-state index is -4.21. The van der Waals surface area contributed by atoms with Crippen molar-refractivity contribution in [1.82, 2.24) is 4.90 Å². The van der Waals surface area contributed by atoms with Crippen molar-refractivity contribution in [3.63, 3.8) is 0 Å². The fourth-order valence-electron chi connectivity index (χ4n) is 1.70. The number of nitrogens with zero attached hydrogens (tertiary/aromatic N) is 1. The fraction of sp³-hybridized carbons (Fsp3) is 0.364. The molecule has 1 aliphatic rings. The number of nitrogens with two attached hydrogens (primary N) is 1. The van der Waals surface area contributed by atoms with Crippen LogP contribution in [0.25, 0.3) is 0 Å². The highest BCUT2D eigenvalue weighted by molar-refractivity contribution is 7.89. The van der Waals surface area contributed by atoms with Gasteiger partial charge in [0.2, 0.25) is 10.0 Å². The summed E-state index contributed by atoms with van der Waals surface area (Å²) in [6, 6.07) is 1.21. The van der Waals surface area contributed by atoms with Gasteiger partial charge in [0.15, 0.2) is 11.6 Å². The van der Waals surface area contributed by atoms with E-state index in [0.29, 0.717) is 6.07 Å². The number of hydrogen-bond acceptors (Lipinski definition) is 3. The predicted octanol–water partition coefficient (Wildman–Crippen LogP) is 0.847. The molecule has 0 unspecified atom stereocenters. The second kappa shape index (κ2) is 4.53. The summed E-state index contributed by atoms with van der Waals surface area (Å²) >= 11 is 0. The maximum Gasteiger partial charge on any atom is 0.256 e. The first-order chi connectivity index (χ1) is 8.71. The molecular formula is C11H12F2N2O3S. The van der Waals surface area contributed by atoms with Crippen molar-refractivity contribution in [2.75, 3.05) is 7.05 Å². The van der Waals surface area contributed by atoms with Crippen LogP contribution in [-0.4, -0.2) is 32.3 Å². The lowest BCUT2D eigenvalue weighted by atomic mass is 10.1. The number of primary sulfonamides is 1. The molecule has 1 fully saturated rings. The monoisotopic (exact) mass is 290 g/mol. The minimum Gasteiger partial charge on any atom is -0.339 e. The molecule has 2 rings (SSSR count). The number of halogens is 2. The molecule has 104 valence electrons. The molecule has 1 aromatic rings. The van der Waals surface area contributed by atoms with Crippen LogP contribution in [0.15, 0.2) is 17.0 Å². The Labute approximate surface area is 109 Å². The fourth-order valence-corrected chi connectivity index (χ4v) is 2.25. The highest BCUT2D eigenvalue weighted by Gasteiger charge is 2.32. The Morgan fingerprint density at radius 2 is 1.95 bits per heavy atom. The second-order valence-corrected chi connectivity index (χ2v) is 6.02. The van der Waals surface area contributed by atoms with Crippen molar-refractivity contribution in [3.8, 4) is 0 Å². The summed E-state index contributed by atoms with van der Waals surface area (Å²) < 4.78 is 49.3. The molecule has 19 heavy (non-hydrogen) atoms. The number of carbonyl (C=O) groups is 1. The number of sulfonamides is 1. The first-order valence-electron chi connectivity index (χ1n) is 5.51. The molecule has 1 aromatic carbocycles. The highest BCUT2D eigenvalue weighted by Crippen LogP contribution is 2.28. The van der Waals surface area contributed by atoms with Crippen LogP contribution >= 0.6 is 0 Å². The molecule has 2 N–H and O–H groups in total. The van der Waals surface area contributed by atoms with Crippen LogP contribution in [-0.2, 0) is 10.0 Å². The molecule has 8 heteroatoms. The highest BCUT2D eigenvalue weighted by atomic mass is 32.2. The van der Waals surface area contributed by atoms with Gasteiger partial charge >= 0.3 is 0 Å². The molecule has 0 aromatic heterocycles. The van der Waals surface area contributed by atoms with Crippen molar-refractivity contribution in [2.45, 2.75) is 23.8 Å². The Morgan fingerprint density at radius 1 is 1.37 bits per heavy atom. The van der Waals surface area contributed by atoms with Crippen LogP contribution in [0.4, 0.5) is 8.78 Å². The molecular weight excluding hydrogens is 278 g/mol. The van der Waals surface area contributed by atoms with Gasteiger partial charge in [-0.05, 0) is 25.0 Å². The molecule has 0 aliphatic heterocycles.